The summed E-state index contributed by atoms with van der Waals surface area (Å²) in [7, 11) is 0. The van der Waals surface area contributed by atoms with Gasteiger partial charge in [0.25, 0.3) is 0 Å². The average Bonchev–Trinajstić information content (AvgIpc) is 2.75. The van der Waals surface area contributed by atoms with Crippen molar-refractivity contribution in [1.29, 1.82) is 0 Å². The van der Waals surface area contributed by atoms with E-state index >= 15 is 0 Å². The van der Waals surface area contributed by atoms with Crippen molar-refractivity contribution in [2.45, 2.75) is 38.6 Å². The monoisotopic (exact) mass is 166 g/mol. The molecule has 2 N–H and O–H groups in total. The Balaban J connectivity index is 2.30. The smallest absolute Gasteiger partial charge is 0.197 e. The van der Waals surface area contributed by atoms with Crippen molar-refractivity contribution in [3.63, 3.8) is 0 Å². The molecule has 0 bridgehead atoms. The lowest BCUT2D eigenvalue weighted by molar-refractivity contribution is 0.434. The van der Waals surface area contributed by atoms with Crippen LogP contribution in [0.1, 0.15) is 49.1 Å². The molecule has 1 fully saturated rings. The van der Waals surface area contributed by atoms with Crippen LogP contribution in [0.4, 0.5) is 0 Å². The molecule has 1 aliphatic carbocycles. The summed E-state index contributed by atoms with van der Waals surface area (Å²) >= 11 is 0. The van der Waals surface area contributed by atoms with Crippen LogP contribution in [0.2, 0.25) is 0 Å². The number of rotatable bonds is 2. The molecule has 1 aromatic rings. The van der Waals surface area contributed by atoms with E-state index in [1.807, 2.05) is 13.8 Å². The van der Waals surface area contributed by atoms with Gasteiger partial charge in [0.05, 0.1) is 11.7 Å². The molecule has 66 valence electrons. The molecule has 2 rings (SSSR count). The maximum atomic E-state index is 5.71. The maximum Gasteiger partial charge on any atom is 0.197 e. The third kappa shape index (κ3) is 1.25. The number of aromatic nitrogens is 1. The molecule has 0 radical (unpaired) electrons. The molecular formula is C9H14N2O. The molecule has 1 saturated carbocycles. The second-order valence-corrected chi connectivity index (χ2v) is 3.56. The summed E-state index contributed by atoms with van der Waals surface area (Å²) in [6.45, 7) is 3.87. The van der Waals surface area contributed by atoms with E-state index in [4.69, 9.17) is 10.2 Å². The fourth-order valence-electron chi connectivity index (χ4n) is 1.36. The fraction of sp³-hybridized carbons (Fsp3) is 0.667. The molecule has 0 aromatic carbocycles. The van der Waals surface area contributed by atoms with Gasteiger partial charge in [-0.15, -0.1) is 0 Å². The van der Waals surface area contributed by atoms with Crippen LogP contribution < -0.4 is 5.73 Å². The van der Waals surface area contributed by atoms with Crippen LogP contribution in [0, 0.1) is 6.92 Å². The third-order valence-electron chi connectivity index (χ3n) is 2.19. The Morgan fingerprint density at radius 3 is 2.67 bits per heavy atom. The second-order valence-electron chi connectivity index (χ2n) is 3.56. The highest BCUT2D eigenvalue weighted by atomic mass is 16.4. The summed E-state index contributed by atoms with van der Waals surface area (Å²) in [6, 6.07) is -0.0370. The van der Waals surface area contributed by atoms with Crippen LogP contribution >= 0.6 is 0 Å². The van der Waals surface area contributed by atoms with Crippen molar-refractivity contribution in [3.05, 3.63) is 17.3 Å². The zero-order valence-corrected chi connectivity index (χ0v) is 7.50. The minimum absolute atomic E-state index is 0.0370. The van der Waals surface area contributed by atoms with Crippen LogP contribution in [0.3, 0.4) is 0 Å². The van der Waals surface area contributed by atoms with Crippen molar-refractivity contribution in [1.82, 2.24) is 4.98 Å². The summed E-state index contributed by atoms with van der Waals surface area (Å²) in [5.74, 6) is 2.31. The largest absolute Gasteiger partial charge is 0.443 e. The molecule has 3 nitrogen and oxygen atoms in total. The van der Waals surface area contributed by atoms with Gasteiger partial charge in [-0.2, -0.15) is 0 Å². The van der Waals surface area contributed by atoms with Crippen LogP contribution in [0.5, 0.6) is 0 Å². The van der Waals surface area contributed by atoms with E-state index in [2.05, 4.69) is 4.98 Å². The Kier molecular flexibility index (Phi) is 1.68. The van der Waals surface area contributed by atoms with Crippen molar-refractivity contribution in [2.75, 3.05) is 0 Å². The quantitative estimate of drug-likeness (QED) is 0.729. The molecule has 12 heavy (non-hydrogen) atoms. The Labute approximate surface area is 72.0 Å². The molecule has 0 amide bonds. The van der Waals surface area contributed by atoms with E-state index in [0.717, 1.165) is 17.3 Å². The Bertz CT molecular complexity index is 287. The molecule has 3 heteroatoms. The predicted molar refractivity (Wildman–Crippen MR) is 45.8 cm³/mol. The number of aryl methyl sites for hydroxylation is 1. The minimum Gasteiger partial charge on any atom is -0.443 e. The summed E-state index contributed by atoms with van der Waals surface area (Å²) in [5, 5.41) is 0. The van der Waals surface area contributed by atoms with E-state index in [1.54, 1.807) is 0 Å². The lowest BCUT2D eigenvalue weighted by atomic mass is 10.2. The van der Waals surface area contributed by atoms with Gasteiger partial charge < -0.3 is 10.2 Å². The highest BCUT2D eigenvalue weighted by molar-refractivity contribution is 5.14. The minimum atomic E-state index is -0.0370. The first-order chi connectivity index (χ1) is 5.68. The Morgan fingerprint density at radius 1 is 1.58 bits per heavy atom. The van der Waals surface area contributed by atoms with E-state index in [9.17, 15) is 0 Å². The highest BCUT2D eigenvalue weighted by Gasteiger charge is 2.29. The fourth-order valence-corrected chi connectivity index (χ4v) is 1.36. The number of oxazole rings is 1. The molecule has 1 aliphatic rings. The highest BCUT2D eigenvalue weighted by Crippen LogP contribution is 2.40. The summed E-state index contributed by atoms with van der Waals surface area (Å²) in [6.07, 6.45) is 2.44. The first-order valence-corrected chi connectivity index (χ1v) is 4.41. The van der Waals surface area contributed by atoms with Crippen molar-refractivity contribution < 1.29 is 4.42 Å². The molecule has 0 spiro atoms. The molecular weight excluding hydrogens is 152 g/mol. The lowest BCUT2D eigenvalue weighted by Crippen LogP contribution is -2.04. The van der Waals surface area contributed by atoms with Crippen LogP contribution in [-0.2, 0) is 0 Å². The SMILES string of the molecule is Cc1nc(C2CC2)oc1[C@H](C)N. The van der Waals surface area contributed by atoms with Gasteiger partial charge in [-0.05, 0) is 26.7 Å². The number of hydrogen-bond donors (Lipinski definition) is 1. The molecule has 1 aromatic heterocycles. The number of nitrogens with zero attached hydrogens (tertiary/aromatic N) is 1. The van der Waals surface area contributed by atoms with Crippen molar-refractivity contribution >= 4 is 0 Å². The first-order valence-electron chi connectivity index (χ1n) is 4.41. The van der Waals surface area contributed by atoms with Gasteiger partial charge in [0.2, 0.25) is 0 Å². The van der Waals surface area contributed by atoms with E-state index < -0.39 is 0 Å². The zero-order chi connectivity index (χ0) is 8.72. The van der Waals surface area contributed by atoms with E-state index in [0.29, 0.717) is 5.92 Å². The number of nitrogens with two attached hydrogens (primary N) is 1. The maximum absolute atomic E-state index is 5.71. The number of hydrogen-bond acceptors (Lipinski definition) is 3. The van der Waals surface area contributed by atoms with Gasteiger partial charge in [-0.25, -0.2) is 4.98 Å². The molecule has 1 heterocycles. The first kappa shape index (κ1) is 7.80. The summed E-state index contributed by atoms with van der Waals surface area (Å²) in [4.78, 5) is 4.35. The zero-order valence-electron chi connectivity index (χ0n) is 7.50. The average molecular weight is 166 g/mol. The Hall–Kier alpha value is -0.830. The van der Waals surface area contributed by atoms with Gasteiger partial charge in [-0.3, -0.25) is 0 Å². The van der Waals surface area contributed by atoms with E-state index in [1.165, 1.54) is 12.8 Å². The lowest BCUT2D eigenvalue weighted by Gasteiger charge is -1.98. The van der Waals surface area contributed by atoms with Gasteiger partial charge in [0, 0.05) is 5.92 Å². The molecule has 1 atom stereocenters. The van der Waals surface area contributed by atoms with Crippen LogP contribution in [0.25, 0.3) is 0 Å². The normalized spacial score (nSPS) is 19.6. The summed E-state index contributed by atoms with van der Waals surface area (Å²) < 4.78 is 5.56. The molecule has 0 unspecified atom stereocenters. The molecule has 0 aliphatic heterocycles. The third-order valence-corrected chi connectivity index (χ3v) is 2.19. The Morgan fingerprint density at radius 2 is 2.25 bits per heavy atom. The second kappa shape index (κ2) is 2.59. The van der Waals surface area contributed by atoms with Gasteiger partial charge in [-0.1, -0.05) is 0 Å². The van der Waals surface area contributed by atoms with Crippen molar-refractivity contribution in [3.8, 4) is 0 Å². The van der Waals surface area contributed by atoms with E-state index in [-0.39, 0.29) is 6.04 Å². The van der Waals surface area contributed by atoms with Crippen LogP contribution in [-0.4, -0.2) is 4.98 Å². The standard InChI is InChI=1S/C9H14N2O/c1-5(10)8-6(2)11-9(12-8)7-3-4-7/h5,7H,3-4,10H2,1-2H3/t5-/m0/s1. The van der Waals surface area contributed by atoms with Crippen molar-refractivity contribution in [2.24, 2.45) is 5.73 Å². The summed E-state index contributed by atoms with van der Waals surface area (Å²) in [5.41, 5.74) is 6.67. The van der Waals surface area contributed by atoms with Gasteiger partial charge in [0.15, 0.2) is 5.89 Å². The van der Waals surface area contributed by atoms with Gasteiger partial charge in [0.1, 0.15) is 5.76 Å². The molecule has 0 saturated heterocycles. The van der Waals surface area contributed by atoms with Crippen LogP contribution in [0.15, 0.2) is 4.42 Å². The predicted octanol–water partition coefficient (Wildman–Crippen LogP) is 1.88. The topological polar surface area (TPSA) is 52.0 Å². The van der Waals surface area contributed by atoms with Gasteiger partial charge >= 0.3 is 0 Å².